The van der Waals surface area contributed by atoms with Crippen molar-refractivity contribution in [3.63, 3.8) is 0 Å². The van der Waals surface area contributed by atoms with Crippen molar-refractivity contribution in [2.24, 2.45) is 0 Å². The summed E-state index contributed by atoms with van der Waals surface area (Å²) in [5.74, 6) is 1.56. The average Bonchev–Trinajstić information content (AvgIpc) is 2.99. The van der Waals surface area contributed by atoms with Crippen molar-refractivity contribution in [2.75, 3.05) is 21.2 Å². The predicted octanol–water partition coefficient (Wildman–Crippen LogP) is 2.97. The predicted molar refractivity (Wildman–Crippen MR) is 80.0 cm³/mol. The number of rotatable bonds is 5. The number of urea groups is 1. The summed E-state index contributed by atoms with van der Waals surface area (Å²) in [7, 11) is 5.12. The number of hydrogen-bond donors (Lipinski definition) is 0. The number of benzene rings is 1. The van der Waals surface area contributed by atoms with Crippen LogP contribution in [0.25, 0.3) is 0 Å². The number of amides is 2. The van der Waals surface area contributed by atoms with Gasteiger partial charge in [0.1, 0.15) is 11.5 Å². The van der Waals surface area contributed by atoms with E-state index >= 15 is 0 Å². The summed E-state index contributed by atoms with van der Waals surface area (Å²) in [6.07, 6.45) is 1.61. The first-order valence-electron chi connectivity index (χ1n) is 6.71. The lowest BCUT2D eigenvalue weighted by atomic mass is 10.2. The summed E-state index contributed by atoms with van der Waals surface area (Å²) < 4.78 is 10.5. The number of nitrogens with zero attached hydrogens (tertiary/aromatic N) is 2. The van der Waals surface area contributed by atoms with Gasteiger partial charge in [0.2, 0.25) is 0 Å². The van der Waals surface area contributed by atoms with Crippen LogP contribution in [0, 0.1) is 0 Å². The van der Waals surface area contributed by atoms with Crippen LogP contribution in [0.3, 0.4) is 0 Å². The smallest absolute Gasteiger partial charge is 0.320 e. The Morgan fingerprint density at radius 2 is 1.86 bits per heavy atom. The molecule has 2 amide bonds. The van der Waals surface area contributed by atoms with Crippen LogP contribution in [-0.4, -0.2) is 37.0 Å². The van der Waals surface area contributed by atoms with Gasteiger partial charge in [0, 0.05) is 20.6 Å². The zero-order valence-corrected chi connectivity index (χ0v) is 12.6. The van der Waals surface area contributed by atoms with Gasteiger partial charge in [-0.15, -0.1) is 0 Å². The summed E-state index contributed by atoms with van der Waals surface area (Å²) in [6, 6.07) is 11.3. The molecule has 0 aliphatic heterocycles. The van der Waals surface area contributed by atoms with Crippen molar-refractivity contribution in [1.29, 1.82) is 0 Å². The summed E-state index contributed by atoms with van der Waals surface area (Å²) in [4.78, 5) is 15.6. The van der Waals surface area contributed by atoms with Crippen LogP contribution in [0.2, 0.25) is 0 Å². The van der Waals surface area contributed by atoms with Gasteiger partial charge in [-0.25, -0.2) is 4.79 Å². The lowest BCUT2D eigenvalue weighted by Crippen LogP contribution is -2.38. The summed E-state index contributed by atoms with van der Waals surface area (Å²) >= 11 is 0. The summed E-state index contributed by atoms with van der Waals surface area (Å²) in [5, 5.41) is 0. The quantitative estimate of drug-likeness (QED) is 0.849. The first-order chi connectivity index (χ1) is 10.1. The van der Waals surface area contributed by atoms with Crippen LogP contribution < -0.4 is 4.74 Å². The fourth-order valence-electron chi connectivity index (χ4n) is 2.02. The number of hydrogen-bond acceptors (Lipinski definition) is 3. The Morgan fingerprint density at radius 3 is 2.38 bits per heavy atom. The van der Waals surface area contributed by atoms with Crippen molar-refractivity contribution < 1.29 is 13.9 Å². The first-order valence-corrected chi connectivity index (χ1v) is 6.71. The van der Waals surface area contributed by atoms with Gasteiger partial charge in [0.05, 0.1) is 19.9 Å². The third-order valence-electron chi connectivity index (χ3n) is 3.11. The Balaban J connectivity index is 2.12. The molecular formula is C16H20N2O3. The zero-order valence-electron chi connectivity index (χ0n) is 12.6. The van der Waals surface area contributed by atoms with Crippen molar-refractivity contribution in [3.05, 3.63) is 54.0 Å². The van der Waals surface area contributed by atoms with Gasteiger partial charge in [-0.05, 0) is 29.8 Å². The van der Waals surface area contributed by atoms with Gasteiger partial charge >= 0.3 is 6.03 Å². The van der Waals surface area contributed by atoms with Gasteiger partial charge in [0.25, 0.3) is 0 Å². The molecule has 0 saturated carbocycles. The van der Waals surface area contributed by atoms with E-state index in [1.54, 1.807) is 37.3 Å². The van der Waals surface area contributed by atoms with Gasteiger partial charge in [0.15, 0.2) is 0 Å². The monoisotopic (exact) mass is 288 g/mol. The molecule has 2 rings (SSSR count). The Kier molecular flexibility index (Phi) is 4.87. The van der Waals surface area contributed by atoms with E-state index in [9.17, 15) is 4.79 Å². The minimum Gasteiger partial charge on any atom is -0.497 e. The molecule has 5 nitrogen and oxygen atoms in total. The zero-order chi connectivity index (χ0) is 15.2. The molecule has 0 atom stereocenters. The highest BCUT2D eigenvalue weighted by atomic mass is 16.5. The molecule has 1 aromatic carbocycles. The Bertz CT molecular complexity index is 562. The second-order valence-electron chi connectivity index (χ2n) is 4.96. The minimum atomic E-state index is -0.0535. The molecule has 0 N–H and O–H groups in total. The maximum absolute atomic E-state index is 12.3. The molecule has 0 spiro atoms. The van der Waals surface area contributed by atoms with Crippen LogP contribution in [-0.2, 0) is 13.1 Å². The molecule has 2 aromatic rings. The largest absolute Gasteiger partial charge is 0.497 e. The number of carbonyl (C=O) groups is 1. The second-order valence-corrected chi connectivity index (χ2v) is 4.96. The van der Waals surface area contributed by atoms with Gasteiger partial charge in [-0.1, -0.05) is 12.1 Å². The van der Waals surface area contributed by atoms with Crippen LogP contribution >= 0.6 is 0 Å². The van der Waals surface area contributed by atoms with Crippen LogP contribution in [0.15, 0.2) is 47.1 Å². The highest BCUT2D eigenvalue weighted by Gasteiger charge is 2.17. The van der Waals surface area contributed by atoms with E-state index in [1.807, 2.05) is 36.4 Å². The molecule has 5 heteroatoms. The third-order valence-corrected chi connectivity index (χ3v) is 3.11. The standard InChI is InChI=1S/C16H20N2O3/c1-17(2)16(19)18(12-15-5-4-10-21-15)11-13-6-8-14(20-3)9-7-13/h4-10H,11-12H2,1-3H3. The van der Waals surface area contributed by atoms with Gasteiger partial charge in [-0.2, -0.15) is 0 Å². The third kappa shape index (κ3) is 4.02. The van der Waals surface area contributed by atoms with E-state index in [2.05, 4.69) is 0 Å². The normalized spacial score (nSPS) is 10.2. The summed E-state index contributed by atoms with van der Waals surface area (Å²) in [5.41, 5.74) is 1.04. The van der Waals surface area contributed by atoms with E-state index in [0.29, 0.717) is 13.1 Å². The van der Waals surface area contributed by atoms with E-state index in [4.69, 9.17) is 9.15 Å². The van der Waals surface area contributed by atoms with Crippen molar-refractivity contribution >= 4 is 6.03 Å². The van der Waals surface area contributed by atoms with E-state index in [1.165, 1.54) is 0 Å². The molecule has 0 bridgehead atoms. The maximum atomic E-state index is 12.3. The molecule has 112 valence electrons. The van der Waals surface area contributed by atoms with Crippen LogP contribution in [0.5, 0.6) is 5.75 Å². The molecule has 0 fully saturated rings. The lowest BCUT2D eigenvalue weighted by Gasteiger charge is -2.25. The highest BCUT2D eigenvalue weighted by Crippen LogP contribution is 2.15. The fourth-order valence-corrected chi connectivity index (χ4v) is 2.02. The van der Waals surface area contributed by atoms with E-state index in [-0.39, 0.29) is 6.03 Å². The molecule has 1 aromatic heterocycles. The Labute approximate surface area is 124 Å². The van der Waals surface area contributed by atoms with Crippen LogP contribution in [0.1, 0.15) is 11.3 Å². The van der Waals surface area contributed by atoms with E-state index < -0.39 is 0 Å². The number of methoxy groups -OCH3 is 1. The highest BCUT2D eigenvalue weighted by molar-refractivity contribution is 5.73. The molecular weight excluding hydrogens is 268 g/mol. The Morgan fingerprint density at radius 1 is 1.14 bits per heavy atom. The van der Waals surface area contributed by atoms with Crippen molar-refractivity contribution in [1.82, 2.24) is 9.80 Å². The number of furan rings is 1. The van der Waals surface area contributed by atoms with Gasteiger partial charge < -0.3 is 19.0 Å². The Hall–Kier alpha value is -2.43. The lowest BCUT2D eigenvalue weighted by molar-refractivity contribution is 0.161. The van der Waals surface area contributed by atoms with Crippen LogP contribution in [0.4, 0.5) is 4.79 Å². The van der Waals surface area contributed by atoms with Crippen molar-refractivity contribution in [3.8, 4) is 5.75 Å². The second kappa shape index (κ2) is 6.83. The molecule has 0 radical (unpaired) electrons. The van der Waals surface area contributed by atoms with Gasteiger partial charge in [-0.3, -0.25) is 0 Å². The van der Waals surface area contributed by atoms with E-state index in [0.717, 1.165) is 17.1 Å². The first kappa shape index (κ1) is 15.0. The fraction of sp³-hybridized carbons (Fsp3) is 0.312. The topological polar surface area (TPSA) is 45.9 Å². The average molecular weight is 288 g/mol. The molecule has 21 heavy (non-hydrogen) atoms. The minimum absolute atomic E-state index is 0.0535. The number of ether oxygens (including phenoxy) is 1. The molecule has 0 aliphatic rings. The molecule has 1 heterocycles. The SMILES string of the molecule is COc1ccc(CN(Cc2ccco2)C(=O)N(C)C)cc1. The molecule has 0 aliphatic carbocycles. The number of carbonyl (C=O) groups excluding carboxylic acids is 1. The summed E-state index contributed by atoms with van der Waals surface area (Å²) in [6.45, 7) is 0.956. The maximum Gasteiger partial charge on any atom is 0.320 e. The molecule has 0 saturated heterocycles. The molecule has 0 unspecified atom stereocenters. The van der Waals surface area contributed by atoms with Crippen molar-refractivity contribution in [2.45, 2.75) is 13.1 Å².